The molecule has 0 saturated carbocycles. The summed E-state index contributed by atoms with van der Waals surface area (Å²) in [6.45, 7) is 9.00. The summed E-state index contributed by atoms with van der Waals surface area (Å²) in [5, 5.41) is 0. The largest absolute Gasteiger partial charge is 0.398 e. The van der Waals surface area contributed by atoms with Gasteiger partial charge in [-0.3, -0.25) is 9.69 Å². The fourth-order valence-electron chi connectivity index (χ4n) is 2.49. The smallest absolute Gasteiger partial charge is 0.178 e. The van der Waals surface area contributed by atoms with E-state index in [1.54, 1.807) is 0 Å². The second kappa shape index (κ2) is 5.33. The van der Waals surface area contributed by atoms with Crippen LogP contribution in [0, 0.1) is 0 Å². The minimum atomic E-state index is 0.0381. The van der Waals surface area contributed by atoms with Crippen molar-refractivity contribution in [1.82, 2.24) is 4.90 Å². The van der Waals surface area contributed by atoms with Crippen LogP contribution in [0.2, 0.25) is 0 Å². The number of carbonyl (C=O) groups is 1. The highest BCUT2D eigenvalue weighted by molar-refractivity contribution is 6.02. The summed E-state index contributed by atoms with van der Waals surface area (Å²) >= 11 is 0. The highest BCUT2D eigenvalue weighted by atomic mass is 16.1. The Morgan fingerprint density at radius 2 is 1.89 bits per heavy atom. The minimum Gasteiger partial charge on any atom is -0.398 e. The molecule has 0 bridgehead atoms. The SMILES string of the molecule is CC(C)(C)c1ccc(N)c(C(=O)CN2CCCC2)c1. The fourth-order valence-corrected chi connectivity index (χ4v) is 2.49. The summed E-state index contributed by atoms with van der Waals surface area (Å²) in [5.41, 5.74) is 8.44. The lowest BCUT2D eigenvalue weighted by molar-refractivity contribution is 0.0946. The van der Waals surface area contributed by atoms with Gasteiger partial charge >= 0.3 is 0 Å². The van der Waals surface area contributed by atoms with Gasteiger partial charge in [0.25, 0.3) is 0 Å². The van der Waals surface area contributed by atoms with E-state index >= 15 is 0 Å². The first-order valence-electron chi connectivity index (χ1n) is 7.03. The van der Waals surface area contributed by atoms with Crippen LogP contribution in [-0.4, -0.2) is 30.3 Å². The molecule has 1 saturated heterocycles. The Bertz CT molecular complexity index is 468. The van der Waals surface area contributed by atoms with Crippen LogP contribution in [0.25, 0.3) is 0 Å². The molecule has 1 fully saturated rings. The molecule has 0 aliphatic carbocycles. The van der Waals surface area contributed by atoms with E-state index in [1.807, 2.05) is 18.2 Å². The molecule has 0 radical (unpaired) electrons. The number of Topliss-reactive ketones (excluding diaryl/α,β-unsaturated/α-hetero) is 1. The Morgan fingerprint density at radius 1 is 1.26 bits per heavy atom. The van der Waals surface area contributed by atoms with Gasteiger partial charge in [-0.2, -0.15) is 0 Å². The van der Waals surface area contributed by atoms with E-state index in [9.17, 15) is 4.79 Å². The summed E-state index contributed by atoms with van der Waals surface area (Å²) in [7, 11) is 0. The number of carbonyl (C=O) groups excluding carboxylic acids is 1. The average molecular weight is 260 g/mol. The number of anilines is 1. The zero-order chi connectivity index (χ0) is 14.0. The van der Waals surface area contributed by atoms with Crippen LogP contribution in [0.15, 0.2) is 18.2 Å². The highest BCUT2D eigenvalue weighted by Crippen LogP contribution is 2.26. The molecular weight excluding hydrogens is 236 g/mol. The van der Waals surface area contributed by atoms with Crippen LogP contribution in [0.3, 0.4) is 0 Å². The van der Waals surface area contributed by atoms with Crippen molar-refractivity contribution in [2.75, 3.05) is 25.4 Å². The Morgan fingerprint density at radius 3 is 2.47 bits per heavy atom. The summed E-state index contributed by atoms with van der Waals surface area (Å²) in [6, 6.07) is 5.84. The third-order valence-electron chi connectivity index (χ3n) is 3.79. The molecule has 2 rings (SSSR count). The zero-order valence-electron chi connectivity index (χ0n) is 12.2. The topological polar surface area (TPSA) is 46.3 Å². The standard InChI is InChI=1S/C16H24N2O/c1-16(2,3)12-6-7-14(17)13(10-12)15(19)11-18-8-4-5-9-18/h6-7,10H,4-5,8-9,11,17H2,1-3H3. The number of rotatable bonds is 3. The van der Waals surface area contributed by atoms with Crippen LogP contribution in [0.1, 0.15) is 49.5 Å². The molecule has 1 aromatic rings. The third kappa shape index (κ3) is 3.35. The van der Waals surface area contributed by atoms with E-state index in [4.69, 9.17) is 5.73 Å². The van der Waals surface area contributed by atoms with Crippen LogP contribution in [0.5, 0.6) is 0 Å². The Labute approximate surface area is 115 Å². The summed E-state index contributed by atoms with van der Waals surface area (Å²) in [4.78, 5) is 14.6. The van der Waals surface area contributed by atoms with Crippen LogP contribution >= 0.6 is 0 Å². The van der Waals surface area contributed by atoms with Gasteiger partial charge in [-0.05, 0) is 49.0 Å². The number of nitrogen functional groups attached to an aromatic ring is 1. The van der Waals surface area contributed by atoms with Gasteiger partial charge in [-0.25, -0.2) is 0 Å². The van der Waals surface area contributed by atoms with Gasteiger partial charge < -0.3 is 5.73 Å². The van der Waals surface area contributed by atoms with Crippen LogP contribution in [0.4, 0.5) is 5.69 Å². The highest BCUT2D eigenvalue weighted by Gasteiger charge is 2.20. The molecule has 2 N–H and O–H groups in total. The van der Waals surface area contributed by atoms with Gasteiger partial charge in [0, 0.05) is 11.3 Å². The first-order chi connectivity index (χ1) is 8.88. The fraction of sp³-hybridized carbons (Fsp3) is 0.562. The maximum atomic E-state index is 12.4. The molecule has 1 aliphatic heterocycles. The molecule has 3 nitrogen and oxygen atoms in total. The van der Waals surface area contributed by atoms with E-state index in [0.29, 0.717) is 17.8 Å². The molecule has 1 aliphatic rings. The van der Waals surface area contributed by atoms with E-state index < -0.39 is 0 Å². The third-order valence-corrected chi connectivity index (χ3v) is 3.79. The Hall–Kier alpha value is -1.35. The molecule has 0 unspecified atom stereocenters. The number of hydrogen-bond acceptors (Lipinski definition) is 3. The van der Waals surface area contributed by atoms with E-state index in [-0.39, 0.29) is 11.2 Å². The lowest BCUT2D eigenvalue weighted by atomic mass is 9.85. The second-order valence-corrected chi connectivity index (χ2v) is 6.46. The number of likely N-dealkylation sites (tertiary alicyclic amines) is 1. The first-order valence-corrected chi connectivity index (χ1v) is 7.03. The van der Waals surface area contributed by atoms with Crippen molar-refractivity contribution in [2.45, 2.75) is 39.0 Å². The summed E-state index contributed by atoms with van der Waals surface area (Å²) in [6.07, 6.45) is 2.40. The van der Waals surface area contributed by atoms with Gasteiger partial charge in [0.2, 0.25) is 0 Å². The van der Waals surface area contributed by atoms with Gasteiger partial charge in [0.15, 0.2) is 5.78 Å². The van der Waals surface area contributed by atoms with E-state index in [1.165, 1.54) is 12.8 Å². The van der Waals surface area contributed by atoms with Crippen molar-refractivity contribution in [3.8, 4) is 0 Å². The molecule has 0 atom stereocenters. The maximum absolute atomic E-state index is 12.4. The molecule has 104 valence electrons. The van der Waals surface area contributed by atoms with Gasteiger partial charge in [-0.1, -0.05) is 26.8 Å². The quantitative estimate of drug-likeness (QED) is 0.671. The number of nitrogens with two attached hydrogens (primary N) is 1. The predicted molar refractivity (Wildman–Crippen MR) is 79.6 cm³/mol. The molecule has 0 aromatic heterocycles. The number of ketones is 1. The van der Waals surface area contributed by atoms with Crippen molar-refractivity contribution in [3.63, 3.8) is 0 Å². The van der Waals surface area contributed by atoms with Crippen molar-refractivity contribution >= 4 is 11.5 Å². The Balaban J connectivity index is 2.20. The van der Waals surface area contributed by atoms with Crippen LogP contribution in [-0.2, 0) is 5.41 Å². The maximum Gasteiger partial charge on any atom is 0.178 e. The predicted octanol–water partition coefficient (Wildman–Crippen LogP) is 2.84. The van der Waals surface area contributed by atoms with Gasteiger partial charge in [0.05, 0.1) is 6.54 Å². The molecule has 1 heterocycles. The average Bonchev–Trinajstić information content (AvgIpc) is 2.80. The first kappa shape index (κ1) is 14.1. The lowest BCUT2D eigenvalue weighted by Gasteiger charge is -2.21. The van der Waals surface area contributed by atoms with Crippen molar-refractivity contribution in [2.24, 2.45) is 0 Å². The monoisotopic (exact) mass is 260 g/mol. The molecule has 3 heteroatoms. The summed E-state index contributed by atoms with van der Waals surface area (Å²) in [5.74, 6) is 0.144. The zero-order valence-corrected chi connectivity index (χ0v) is 12.2. The number of benzene rings is 1. The minimum absolute atomic E-state index is 0.0381. The molecule has 1 aromatic carbocycles. The Kier molecular flexibility index (Phi) is 3.95. The van der Waals surface area contributed by atoms with Crippen molar-refractivity contribution in [3.05, 3.63) is 29.3 Å². The van der Waals surface area contributed by atoms with E-state index in [2.05, 4.69) is 25.7 Å². The van der Waals surface area contributed by atoms with Crippen molar-refractivity contribution in [1.29, 1.82) is 0 Å². The van der Waals surface area contributed by atoms with Gasteiger partial charge in [-0.15, -0.1) is 0 Å². The normalized spacial score (nSPS) is 16.8. The number of nitrogens with zero attached hydrogens (tertiary/aromatic N) is 1. The lowest BCUT2D eigenvalue weighted by Crippen LogP contribution is -2.27. The summed E-state index contributed by atoms with van der Waals surface area (Å²) < 4.78 is 0. The second-order valence-electron chi connectivity index (χ2n) is 6.46. The molecule has 0 spiro atoms. The molecular formula is C16H24N2O. The molecule has 19 heavy (non-hydrogen) atoms. The molecule has 0 amide bonds. The van der Waals surface area contributed by atoms with E-state index in [0.717, 1.165) is 18.7 Å². The van der Waals surface area contributed by atoms with Crippen LogP contribution < -0.4 is 5.73 Å². The van der Waals surface area contributed by atoms with Crippen molar-refractivity contribution < 1.29 is 4.79 Å². The van der Waals surface area contributed by atoms with Gasteiger partial charge in [0.1, 0.15) is 0 Å². The number of hydrogen-bond donors (Lipinski definition) is 1.